The van der Waals surface area contributed by atoms with Gasteiger partial charge in [0.05, 0.1) is 6.61 Å². The van der Waals surface area contributed by atoms with E-state index in [4.69, 9.17) is 4.74 Å². The Hall–Kier alpha value is -1.81. The lowest BCUT2D eigenvalue weighted by atomic mass is 9.99. The second-order valence-electron chi connectivity index (χ2n) is 6.67. The van der Waals surface area contributed by atoms with E-state index >= 15 is 0 Å². The Morgan fingerprint density at radius 2 is 2.17 bits per heavy atom. The van der Waals surface area contributed by atoms with Gasteiger partial charge in [-0.05, 0) is 62.9 Å². The summed E-state index contributed by atoms with van der Waals surface area (Å²) in [5.41, 5.74) is 0.992. The number of nitrogens with one attached hydrogen (secondary N) is 1. The monoisotopic (exact) mass is 330 g/mol. The number of ether oxygens (including phenoxy) is 1. The highest BCUT2D eigenvalue weighted by Crippen LogP contribution is 2.17. The maximum Gasteiger partial charge on any atom is 0.244 e. The molecule has 0 aromatic heterocycles. The molecule has 0 radical (unpaired) electrons. The zero-order chi connectivity index (χ0) is 17.4. The first-order valence-corrected chi connectivity index (χ1v) is 9.01. The fraction of sp³-hybridized carbons (Fsp3) is 0.550. The molecule has 1 fully saturated rings. The minimum atomic E-state index is -0.0409. The first-order chi connectivity index (χ1) is 11.6. The van der Waals surface area contributed by atoms with Crippen LogP contribution in [0.2, 0.25) is 0 Å². The third kappa shape index (κ3) is 6.00. The minimum absolute atomic E-state index is 0.0409. The van der Waals surface area contributed by atoms with E-state index in [1.807, 2.05) is 37.3 Å². The van der Waals surface area contributed by atoms with Gasteiger partial charge in [0.1, 0.15) is 5.75 Å². The molecule has 2 unspecified atom stereocenters. The van der Waals surface area contributed by atoms with Crippen LogP contribution in [-0.4, -0.2) is 43.1 Å². The number of rotatable bonds is 7. The van der Waals surface area contributed by atoms with E-state index in [1.165, 1.54) is 12.8 Å². The van der Waals surface area contributed by atoms with Crippen molar-refractivity contribution in [3.8, 4) is 5.75 Å². The van der Waals surface area contributed by atoms with Crippen molar-refractivity contribution >= 4 is 12.0 Å². The van der Waals surface area contributed by atoms with Gasteiger partial charge in [-0.25, -0.2) is 0 Å². The highest BCUT2D eigenvalue weighted by Gasteiger charge is 2.20. The van der Waals surface area contributed by atoms with E-state index in [-0.39, 0.29) is 5.91 Å². The molecule has 132 valence electrons. The van der Waals surface area contributed by atoms with Gasteiger partial charge in [-0.3, -0.25) is 9.69 Å². The van der Waals surface area contributed by atoms with E-state index in [1.54, 1.807) is 6.08 Å². The molecule has 0 bridgehead atoms. The van der Waals surface area contributed by atoms with Crippen molar-refractivity contribution in [3.05, 3.63) is 35.9 Å². The summed E-state index contributed by atoms with van der Waals surface area (Å²) in [6.45, 7) is 10.1. The Balaban J connectivity index is 1.75. The summed E-state index contributed by atoms with van der Waals surface area (Å²) < 4.78 is 5.41. The van der Waals surface area contributed by atoms with Crippen LogP contribution in [0, 0.1) is 5.92 Å². The molecule has 1 saturated heterocycles. The quantitative estimate of drug-likeness (QED) is 0.780. The molecule has 0 spiro atoms. The molecule has 1 aromatic rings. The topological polar surface area (TPSA) is 41.6 Å². The predicted octanol–water partition coefficient (Wildman–Crippen LogP) is 3.34. The Bertz CT molecular complexity index is 539. The van der Waals surface area contributed by atoms with Gasteiger partial charge in [0.2, 0.25) is 5.91 Å². The Labute approximate surface area is 145 Å². The van der Waals surface area contributed by atoms with E-state index in [9.17, 15) is 4.79 Å². The van der Waals surface area contributed by atoms with Crippen LogP contribution in [0.1, 0.15) is 39.2 Å². The van der Waals surface area contributed by atoms with Crippen molar-refractivity contribution in [2.24, 2.45) is 5.92 Å². The number of amides is 1. The first-order valence-electron chi connectivity index (χ1n) is 9.01. The molecule has 1 N–H and O–H groups in total. The Kier molecular flexibility index (Phi) is 7.32. The lowest BCUT2D eigenvalue weighted by Crippen LogP contribution is -2.46. The smallest absolute Gasteiger partial charge is 0.244 e. The number of nitrogens with zero attached hydrogens (tertiary/aromatic N) is 1. The number of benzene rings is 1. The molecule has 0 aliphatic carbocycles. The number of piperidine rings is 1. The third-order valence-electron chi connectivity index (χ3n) is 4.50. The van der Waals surface area contributed by atoms with Crippen LogP contribution in [0.25, 0.3) is 6.08 Å². The summed E-state index contributed by atoms with van der Waals surface area (Å²) in [7, 11) is 0. The molecule has 1 aliphatic rings. The first kappa shape index (κ1) is 18.5. The van der Waals surface area contributed by atoms with Crippen molar-refractivity contribution in [2.45, 2.75) is 39.7 Å². The lowest BCUT2D eigenvalue weighted by molar-refractivity contribution is -0.116. The summed E-state index contributed by atoms with van der Waals surface area (Å²) >= 11 is 0. The van der Waals surface area contributed by atoms with Gasteiger partial charge in [-0.15, -0.1) is 0 Å². The Morgan fingerprint density at radius 3 is 2.83 bits per heavy atom. The molecule has 24 heavy (non-hydrogen) atoms. The molecule has 1 heterocycles. The summed E-state index contributed by atoms with van der Waals surface area (Å²) in [5, 5.41) is 3.00. The van der Waals surface area contributed by atoms with Crippen LogP contribution >= 0.6 is 0 Å². The van der Waals surface area contributed by atoms with Crippen LogP contribution in [0.3, 0.4) is 0 Å². The average molecular weight is 330 g/mol. The highest BCUT2D eigenvalue weighted by atomic mass is 16.5. The maximum absolute atomic E-state index is 12.0. The van der Waals surface area contributed by atoms with Gasteiger partial charge < -0.3 is 10.1 Å². The molecule has 1 amide bonds. The molecular weight excluding hydrogens is 300 g/mol. The largest absolute Gasteiger partial charge is 0.494 e. The second kappa shape index (κ2) is 9.48. The average Bonchev–Trinajstić information content (AvgIpc) is 2.59. The minimum Gasteiger partial charge on any atom is -0.494 e. The number of carbonyl (C=O) groups excluding carboxylic acids is 1. The van der Waals surface area contributed by atoms with Crippen molar-refractivity contribution < 1.29 is 9.53 Å². The van der Waals surface area contributed by atoms with Crippen LogP contribution in [0.5, 0.6) is 5.75 Å². The predicted molar refractivity (Wildman–Crippen MR) is 99.1 cm³/mol. The summed E-state index contributed by atoms with van der Waals surface area (Å²) in [5.74, 6) is 1.57. The number of carbonyl (C=O) groups is 1. The van der Waals surface area contributed by atoms with Gasteiger partial charge >= 0.3 is 0 Å². The molecule has 1 aliphatic heterocycles. The van der Waals surface area contributed by atoms with Crippen molar-refractivity contribution in [1.29, 1.82) is 0 Å². The van der Waals surface area contributed by atoms with Crippen molar-refractivity contribution in [2.75, 3.05) is 26.2 Å². The molecule has 4 nitrogen and oxygen atoms in total. The van der Waals surface area contributed by atoms with E-state index in [0.29, 0.717) is 19.2 Å². The fourth-order valence-corrected chi connectivity index (χ4v) is 3.08. The molecule has 4 heteroatoms. The standard InChI is InChI=1S/C20H30N2O2/c1-4-24-19-10-7-18(8-11-19)9-12-20(23)21-14-17(3)22-13-5-6-16(2)15-22/h7-12,16-17H,4-6,13-15H2,1-3H3,(H,21,23). The third-order valence-corrected chi connectivity index (χ3v) is 4.50. The highest BCUT2D eigenvalue weighted by molar-refractivity contribution is 5.91. The van der Waals surface area contributed by atoms with E-state index < -0.39 is 0 Å². The van der Waals surface area contributed by atoms with Crippen LogP contribution in [-0.2, 0) is 4.79 Å². The van der Waals surface area contributed by atoms with Gasteiger partial charge in [0.15, 0.2) is 0 Å². The van der Waals surface area contributed by atoms with Crippen molar-refractivity contribution in [3.63, 3.8) is 0 Å². The zero-order valence-corrected chi connectivity index (χ0v) is 15.1. The molecule has 0 saturated carbocycles. The maximum atomic E-state index is 12.0. The fourth-order valence-electron chi connectivity index (χ4n) is 3.08. The van der Waals surface area contributed by atoms with Crippen molar-refractivity contribution in [1.82, 2.24) is 10.2 Å². The van der Waals surface area contributed by atoms with Gasteiger partial charge in [0, 0.05) is 25.2 Å². The van der Waals surface area contributed by atoms with Crippen LogP contribution < -0.4 is 10.1 Å². The molecule has 1 aromatic carbocycles. The molecule has 2 rings (SSSR count). The van der Waals surface area contributed by atoms with Crippen LogP contribution in [0.4, 0.5) is 0 Å². The zero-order valence-electron chi connectivity index (χ0n) is 15.1. The summed E-state index contributed by atoms with van der Waals surface area (Å²) in [4.78, 5) is 14.5. The summed E-state index contributed by atoms with van der Waals surface area (Å²) in [6, 6.07) is 8.12. The molecule has 2 atom stereocenters. The lowest BCUT2D eigenvalue weighted by Gasteiger charge is -2.35. The van der Waals surface area contributed by atoms with Crippen LogP contribution in [0.15, 0.2) is 30.3 Å². The normalized spacial score (nSPS) is 20.0. The van der Waals surface area contributed by atoms with E-state index in [2.05, 4.69) is 24.1 Å². The number of hydrogen-bond donors (Lipinski definition) is 1. The number of likely N-dealkylation sites (tertiary alicyclic amines) is 1. The Morgan fingerprint density at radius 1 is 1.42 bits per heavy atom. The van der Waals surface area contributed by atoms with Gasteiger partial charge in [-0.1, -0.05) is 19.1 Å². The van der Waals surface area contributed by atoms with Gasteiger partial charge in [-0.2, -0.15) is 0 Å². The van der Waals surface area contributed by atoms with Gasteiger partial charge in [0.25, 0.3) is 0 Å². The summed E-state index contributed by atoms with van der Waals surface area (Å²) in [6.07, 6.45) is 6.01. The number of hydrogen-bond acceptors (Lipinski definition) is 3. The van der Waals surface area contributed by atoms with E-state index in [0.717, 1.165) is 30.3 Å². The molecular formula is C20H30N2O2. The SMILES string of the molecule is CCOc1ccc(C=CC(=O)NCC(C)N2CCCC(C)C2)cc1. The second-order valence-corrected chi connectivity index (χ2v) is 6.67.